The van der Waals surface area contributed by atoms with Crippen molar-refractivity contribution in [2.75, 3.05) is 13.7 Å². The number of H-pyrrole nitrogens is 1. The Morgan fingerprint density at radius 2 is 2.19 bits per heavy atom. The lowest BCUT2D eigenvalue weighted by Gasteiger charge is -2.15. The number of nitrogens with two attached hydrogens (primary N) is 1. The van der Waals surface area contributed by atoms with Crippen LogP contribution in [0.2, 0.25) is 0 Å². The number of carbonyl (C=O) groups excluding carboxylic acids is 1. The maximum absolute atomic E-state index is 11.8. The normalized spacial score (nSPS) is 12.6. The van der Waals surface area contributed by atoms with Gasteiger partial charge >= 0.3 is 0 Å². The summed E-state index contributed by atoms with van der Waals surface area (Å²) in [6, 6.07) is 5.47. The third-order valence-corrected chi connectivity index (χ3v) is 3.69. The molecule has 1 heterocycles. The van der Waals surface area contributed by atoms with Gasteiger partial charge in [-0.05, 0) is 36.1 Å². The van der Waals surface area contributed by atoms with Crippen molar-refractivity contribution in [2.24, 2.45) is 11.7 Å². The second kappa shape index (κ2) is 6.63. The third-order valence-electron chi connectivity index (χ3n) is 3.69. The predicted octanol–water partition coefficient (Wildman–Crippen LogP) is 1.82. The molecule has 0 fully saturated rings. The summed E-state index contributed by atoms with van der Waals surface area (Å²) in [6.45, 7) is 4.45. The molecular weight excluding hydrogens is 266 g/mol. The molecule has 0 aliphatic carbocycles. The van der Waals surface area contributed by atoms with Crippen LogP contribution in [-0.4, -0.2) is 30.6 Å². The number of rotatable bonds is 6. The van der Waals surface area contributed by atoms with Gasteiger partial charge in [0.15, 0.2) is 0 Å². The number of nitrogens with one attached hydrogen (secondary N) is 2. The molecule has 0 spiro atoms. The zero-order valence-electron chi connectivity index (χ0n) is 12.8. The Labute approximate surface area is 124 Å². The summed E-state index contributed by atoms with van der Waals surface area (Å²) >= 11 is 0. The summed E-state index contributed by atoms with van der Waals surface area (Å²) in [5.41, 5.74) is 8.03. The first kappa shape index (κ1) is 15.4. The number of amides is 1. The molecule has 114 valence electrons. The average Bonchev–Trinajstić information content (AvgIpc) is 2.88. The number of ether oxygens (including phenoxy) is 1. The van der Waals surface area contributed by atoms with Crippen LogP contribution in [-0.2, 0) is 11.2 Å². The molecule has 2 aromatic rings. The Morgan fingerprint density at radius 3 is 2.86 bits per heavy atom. The van der Waals surface area contributed by atoms with Crippen LogP contribution in [0.5, 0.6) is 5.75 Å². The fourth-order valence-corrected chi connectivity index (χ4v) is 2.23. The molecule has 0 aliphatic heterocycles. The van der Waals surface area contributed by atoms with Gasteiger partial charge in [0.2, 0.25) is 5.91 Å². The van der Waals surface area contributed by atoms with Crippen LogP contribution in [0.1, 0.15) is 19.4 Å². The number of fused-ring (bicyclic) bond motifs is 1. The van der Waals surface area contributed by atoms with Crippen molar-refractivity contribution in [3.05, 3.63) is 30.0 Å². The molecule has 0 saturated heterocycles. The molecule has 21 heavy (non-hydrogen) atoms. The Bertz CT molecular complexity index is 619. The van der Waals surface area contributed by atoms with E-state index in [1.54, 1.807) is 7.11 Å². The van der Waals surface area contributed by atoms with Crippen LogP contribution in [0.4, 0.5) is 0 Å². The monoisotopic (exact) mass is 289 g/mol. The van der Waals surface area contributed by atoms with E-state index in [1.165, 1.54) is 0 Å². The molecule has 1 aromatic heterocycles. The van der Waals surface area contributed by atoms with Crippen molar-refractivity contribution in [3.63, 3.8) is 0 Å². The fourth-order valence-electron chi connectivity index (χ4n) is 2.23. The molecule has 5 heteroatoms. The molecule has 0 bridgehead atoms. The van der Waals surface area contributed by atoms with Crippen molar-refractivity contribution in [3.8, 4) is 5.75 Å². The van der Waals surface area contributed by atoms with E-state index in [1.807, 2.05) is 38.2 Å². The van der Waals surface area contributed by atoms with Crippen LogP contribution >= 0.6 is 0 Å². The second-order valence-corrected chi connectivity index (χ2v) is 5.54. The Hall–Kier alpha value is -2.01. The molecule has 1 amide bonds. The molecule has 5 nitrogen and oxygen atoms in total. The summed E-state index contributed by atoms with van der Waals surface area (Å²) in [5.74, 6) is 0.874. The smallest absolute Gasteiger partial charge is 0.237 e. The Kier molecular flexibility index (Phi) is 4.85. The topological polar surface area (TPSA) is 80.1 Å². The molecule has 1 unspecified atom stereocenters. The molecule has 0 aliphatic rings. The van der Waals surface area contributed by atoms with Gasteiger partial charge in [-0.25, -0.2) is 0 Å². The van der Waals surface area contributed by atoms with Gasteiger partial charge in [0, 0.05) is 23.6 Å². The van der Waals surface area contributed by atoms with Crippen molar-refractivity contribution in [2.45, 2.75) is 26.3 Å². The van der Waals surface area contributed by atoms with Crippen molar-refractivity contribution in [1.82, 2.24) is 10.3 Å². The lowest BCUT2D eigenvalue weighted by atomic mass is 10.0. The molecule has 4 N–H and O–H groups in total. The van der Waals surface area contributed by atoms with Crippen LogP contribution in [0.3, 0.4) is 0 Å². The van der Waals surface area contributed by atoms with E-state index < -0.39 is 6.04 Å². The van der Waals surface area contributed by atoms with Gasteiger partial charge in [0.05, 0.1) is 13.2 Å². The Morgan fingerprint density at radius 1 is 1.43 bits per heavy atom. The summed E-state index contributed by atoms with van der Waals surface area (Å²) < 4.78 is 5.25. The van der Waals surface area contributed by atoms with E-state index in [0.717, 1.165) is 28.6 Å². The van der Waals surface area contributed by atoms with Crippen molar-refractivity contribution >= 4 is 16.8 Å². The quantitative estimate of drug-likeness (QED) is 0.759. The molecule has 0 radical (unpaired) electrons. The molecule has 1 aromatic carbocycles. The van der Waals surface area contributed by atoms with Gasteiger partial charge in [0.1, 0.15) is 5.75 Å². The summed E-state index contributed by atoms with van der Waals surface area (Å²) in [4.78, 5) is 15.0. The van der Waals surface area contributed by atoms with Gasteiger partial charge in [0.25, 0.3) is 0 Å². The first-order valence-electron chi connectivity index (χ1n) is 7.20. The fraction of sp³-hybridized carbons (Fsp3) is 0.438. The van der Waals surface area contributed by atoms with Gasteiger partial charge < -0.3 is 20.8 Å². The predicted molar refractivity (Wildman–Crippen MR) is 84.4 cm³/mol. The van der Waals surface area contributed by atoms with E-state index in [2.05, 4.69) is 10.3 Å². The number of aromatic amines is 1. The van der Waals surface area contributed by atoms with Gasteiger partial charge in [-0.1, -0.05) is 13.8 Å². The van der Waals surface area contributed by atoms with E-state index >= 15 is 0 Å². The summed E-state index contributed by atoms with van der Waals surface area (Å²) in [7, 11) is 1.65. The lowest BCUT2D eigenvalue weighted by Crippen LogP contribution is -2.44. The maximum Gasteiger partial charge on any atom is 0.237 e. The number of hydrogen-bond donors (Lipinski definition) is 3. The number of aromatic nitrogens is 1. The zero-order chi connectivity index (χ0) is 15.4. The van der Waals surface area contributed by atoms with Crippen LogP contribution in [0, 0.1) is 5.92 Å². The van der Waals surface area contributed by atoms with E-state index in [4.69, 9.17) is 10.5 Å². The van der Waals surface area contributed by atoms with E-state index in [-0.39, 0.29) is 11.8 Å². The van der Waals surface area contributed by atoms with Crippen molar-refractivity contribution in [1.29, 1.82) is 0 Å². The highest BCUT2D eigenvalue weighted by atomic mass is 16.5. The summed E-state index contributed by atoms with van der Waals surface area (Å²) in [6.07, 6.45) is 2.72. The maximum atomic E-state index is 11.8. The summed E-state index contributed by atoms with van der Waals surface area (Å²) in [5, 5.41) is 4.01. The molecule has 2 rings (SSSR count). The van der Waals surface area contributed by atoms with E-state index in [0.29, 0.717) is 6.54 Å². The number of carbonyl (C=O) groups is 1. The van der Waals surface area contributed by atoms with Crippen LogP contribution in [0.15, 0.2) is 24.4 Å². The number of benzene rings is 1. The number of hydrogen-bond acceptors (Lipinski definition) is 3. The number of methoxy groups -OCH3 is 1. The first-order chi connectivity index (χ1) is 10.0. The highest BCUT2D eigenvalue weighted by Crippen LogP contribution is 2.23. The highest BCUT2D eigenvalue weighted by molar-refractivity contribution is 5.85. The lowest BCUT2D eigenvalue weighted by molar-refractivity contribution is -0.123. The van der Waals surface area contributed by atoms with E-state index in [9.17, 15) is 4.79 Å². The third kappa shape index (κ3) is 3.55. The zero-order valence-corrected chi connectivity index (χ0v) is 12.8. The molecular formula is C16H23N3O2. The van der Waals surface area contributed by atoms with Gasteiger partial charge in [-0.2, -0.15) is 0 Å². The van der Waals surface area contributed by atoms with Crippen molar-refractivity contribution < 1.29 is 9.53 Å². The largest absolute Gasteiger partial charge is 0.497 e. The minimum absolute atomic E-state index is 0.0950. The van der Waals surface area contributed by atoms with Gasteiger partial charge in [-0.3, -0.25) is 4.79 Å². The standard InChI is InChI=1S/C16H23N3O2/c1-10(2)15(17)16(20)18-7-6-11-9-19-14-5-4-12(21-3)8-13(11)14/h4-5,8-10,15,19H,6-7,17H2,1-3H3,(H,18,20). The minimum Gasteiger partial charge on any atom is -0.497 e. The van der Waals surface area contributed by atoms with Crippen LogP contribution < -0.4 is 15.8 Å². The second-order valence-electron chi connectivity index (χ2n) is 5.54. The van der Waals surface area contributed by atoms with Gasteiger partial charge in [-0.15, -0.1) is 0 Å². The molecule has 1 atom stereocenters. The average molecular weight is 289 g/mol. The highest BCUT2D eigenvalue weighted by Gasteiger charge is 2.16. The van der Waals surface area contributed by atoms with Crippen LogP contribution in [0.25, 0.3) is 10.9 Å². The SMILES string of the molecule is COc1ccc2[nH]cc(CCNC(=O)C(N)C(C)C)c2c1. The Balaban J connectivity index is 1.99. The minimum atomic E-state index is -0.451. The first-order valence-corrected chi connectivity index (χ1v) is 7.20. The molecule has 0 saturated carbocycles.